The molecule has 1 aromatic heterocycles. The maximum atomic E-state index is 14.2. The van der Waals surface area contributed by atoms with Gasteiger partial charge in [0.05, 0.1) is 0 Å². The van der Waals surface area contributed by atoms with Gasteiger partial charge >= 0.3 is 0 Å². The summed E-state index contributed by atoms with van der Waals surface area (Å²) in [6.07, 6.45) is 4.73. The monoisotopic (exact) mass is 392 g/mol. The molecule has 0 spiro atoms. The van der Waals surface area contributed by atoms with Crippen LogP contribution < -0.4 is 10.6 Å². The number of nitrogens with one attached hydrogen (secondary N) is 2. The fraction of sp³-hybridized carbons (Fsp3) is 0.500. The lowest BCUT2D eigenvalue weighted by molar-refractivity contribution is 0.0916. The highest BCUT2D eigenvalue weighted by Crippen LogP contribution is 2.30. The summed E-state index contributed by atoms with van der Waals surface area (Å²) in [5.41, 5.74) is 2.93. The van der Waals surface area contributed by atoms with Crippen molar-refractivity contribution < 1.29 is 9.18 Å². The molecule has 0 atom stereocenters. The standard InChI is InChI=1S/C20H25FN4O.ClH/c1-20(9-11-22-12-10-20)13-23-19(26)18-14-5-4-8-16(14)25(24-18)17-7-3-2-6-15(17)21;/h2-3,6-7,22H,4-5,8-13H2,1H3,(H,23,26);1H. The largest absolute Gasteiger partial charge is 0.350 e. The number of rotatable bonds is 4. The summed E-state index contributed by atoms with van der Waals surface area (Å²) in [5.74, 6) is -0.461. The molecular weight excluding hydrogens is 367 g/mol. The number of nitrogens with zero attached hydrogens (tertiary/aromatic N) is 2. The molecule has 1 aromatic carbocycles. The smallest absolute Gasteiger partial charge is 0.272 e. The number of aromatic nitrogens is 2. The number of carbonyl (C=O) groups excluding carboxylic acids is 1. The predicted octanol–water partition coefficient (Wildman–Crippen LogP) is 3.04. The molecular formula is C20H26ClFN4O. The minimum atomic E-state index is -0.320. The highest BCUT2D eigenvalue weighted by atomic mass is 35.5. The van der Waals surface area contributed by atoms with Crippen molar-refractivity contribution in [3.8, 4) is 5.69 Å². The van der Waals surface area contributed by atoms with Crippen LogP contribution in [0.1, 0.15) is 47.9 Å². The molecule has 1 aliphatic carbocycles. The van der Waals surface area contributed by atoms with Crippen LogP contribution in [0.4, 0.5) is 4.39 Å². The third kappa shape index (κ3) is 3.87. The maximum absolute atomic E-state index is 14.2. The van der Waals surface area contributed by atoms with E-state index in [2.05, 4.69) is 22.7 Å². The van der Waals surface area contributed by atoms with E-state index in [0.29, 0.717) is 17.9 Å². The first-order valence-electron chi connectivity index (χ1n) is 9.42. The van der Waals surface area contributed by atoms with E-state index in [0.717, 1.165) is 56.5 Å². The summed E-state index contributed by atoms with van der Waals surface area (Å²) >= 11 is 0. The first-order valence-corrected chi connectivity index (χ1v) is 9.42. The van der Waals surface area contributed by atoms with Crippen LogP contribution in [-0.4, -0.2) is 35.3 Å². The molecule has 0 radical (unpaired) electrons. The molecule has 2 heterocycles. The van der Waals surface area contributed by atoms with E-state index < -0.39 is 0 Å². The third-order valence-electron chi connectivity index (χ3n) is 5.71. The number of hydrogen-bond acceptors (Lipinski definition) is 3. The number of hydrogen-bond donors (Lipinski definition) is 2. The molecule has 1 saturated heterocycles. The summed E-state index contributed by atoms with van der Waals surface area (Å²) in [6, 6.07) is 6.59. The van der Waals surface area contributed by atoms with Crippen molar-refractivity contribution in [3.63, 3.8) is 0 Å². The second-order valence-electron chi connectivity index (χ2n) is 7.73. The maximum Gasteiger partial charge on any atom is 0.272 e. The van der Waals surface area contributed by atoms with Crippen LogP contribution >= 0.6 is 12.4 Å². The highest BCUT2D eigenvalue weighted by molar-refractivity contribution is 5.94. The lowest BCUT2D eigenvalue weighted by Crippen LogP contribution is -2.43. The molecule has 1 aliphatic heterocycles. The van der Waals surface area contributed by atoms with E-state index in [1.807, 2.05) is 0 Å². The number of halogens is 2. The van der Waals surface area contributed by atoms with E-state index in [4.69, 9.17) is 0 Å². The quantitative estimate of drug-likeness (QED) is 0.840. The van der Waals surface area contributed by atoms with E-state index in [9.17, 15) is 9.18 Å². The van der Waals surface area contributed by atoms with Gasteiger partial charge in [-0.25, -0.2) is 9.07 Å². The van der Waals surface area contributed by atoms with Gasteiger partial charge < -0.3 is 10.6 Å². The van der Waals surface area contributed by atoms with Crippen LogP contribution in [0.5, 0.6) is 0 Å². The van der Waals surface area contributed by atoms with Crippen LogP contribution in [0.15, 0.2) is 24.3 Å². The van der Waals surface area contributed by atoms with Crippen molar-refractivity contribution in [1.29, 1.82) is 0 Å². The summed E-state index contributed by atoms with van der Waals surface area (Å²) in [7, 11) is 0. The zero-order chi connectivity index (χ0) is 18.1. The van der Waals surface area contributed by atoms with Gasteiger partial charge in [-0.05, 0) is 62.7 Å². The lowest BCUT2D eigenvalue weighted by Gasteiger charge is -2.34. The minimum Gasteiger partial charge on any atom is -0.350 e. The average Bonchev–Trinajstić information content (AvgIpc) is 3.24. The van der Waals surface area contributed by atoms with E-state index in [1.165, 1.54) is 6.07 Å². The Kier molecular flexibility index (Phi) is 5.86. The normalized spacial score (nSPS) is 17.9. The fourth-order valence-corrected chi connectivity index (χ4v) is 4.03. The number of amides is 1. The van der Waals surface area contributed by atoms with Crippen molar-refractivity contribution >= 4 is 18.3 Å². The Hall–Kier alpha value is -1.92. The first kappa shape index (κ1) is 19.8. The molecule has 5 nitrogen and oxygen atoms in total. The number of fused-ring (bicyclic) bond motifs is 1. The first-order chi connectivity index (χ1) is 12.6. The van der Waals surface area contributed by atoms with Crippen LogP contribution in [-0.2, 0) is 12.8 Å². The van der Waals surface area contributed by atoms with Crippen molar-refractivity contribution in [2.45, 2.75) is 39.0 Å². The fourth-order valence-electron chi connectivity index (χ4n) is 4.03. The van der Waals surface area contributed by atoms with Crippen molar-refractivity contribution in [3.05, 3.63) is 47.0 Å². The van der Waals surface area contributed by atoms with E-state index >= 15 is 0 Å². The van der Waals surface area contributed by atoms with Crippen LogP contribution in [0, 0.1) is 11.2 Å². The highest BCUT2D eigenvalue weighted by Gasteiger charge is 2.30. The summed E-state index contributed by atoms with van der Waals surface area (Å²) in [5, 5.41) is 10.9. The summed E-state index contributed by atoms with van der Waals surface area (Å²) < 4.78 is 15.9. The summed E-state index contributed by atoms with van der Waals surface area (Å²) in [4.78, 5) is 12.8. The number of benzene rings is 1. The van der Waals surface area contributed by atoms with Gasteiger partial charge in [-0.1, -0.05) is 19.1 Å². The topological polar surface area (TPSA) is 59.0 Å². The van der Waals surface area contributed by atoms with Gasteiger partial charge in [0.1, 0.15) is 11.5 Å². The van der Waals surface area contributed by atoms with Gasteiger partial charge in [0.2, 0.25) is 0 Å². The van der Waals surface area contributed by atoms with Gasteiger partial charge in [-0.3, -0.25) is 4.79 Å². The number of piperidine rings is 1. The molecule has 0 unspecified atom stereocenters. The van der Waals surface area contributed by atoms with E-state index in [-0.39, 0.29) is 29.5 Å². The van der Waals surface area contributed by atoms with Gasteiger partial charge in [0.15, 0.2) is 5.69 Å². The van der Waals surface area contributed by atoms with Gasteiger partial charge in [0.25, 0.3) is 5.91 Å². The van der Waals surface area contributed by atoms with E-state index in [1.54, 1.807) is 22.9 Å². The zero-order valence-electron chi connectivity index (χ0n) is 15.6. The third-order valence-corrected chi connectivity index (χ3v) is 5.71. The van der Waals surface area contributed by atoms with Crippen LogP contribution in [0.3, 0.4) is 0 Å². The molecule has 1 fully saturated rings. The van der Waals surface area contributed by atoms with Gasteiger partial charge in [-0.15, -0.1) is 12.4 Å². The Morgan fingerprint density at radius 2 is 2.04 bits per heavy atom. The number of carbonyl (C=O) groups is 1. The zero-order valence-corrected chi connectivity index (χ0v) is 16.4. The molecule has 146 valence electrons. The molecule has 7 heteroatoms. The molecule has 0 saturated carbocycles. The van der Waals surface area contributed by atoms with Crippen LogP contribution in [0.2, 0.25) is 0 Å². The lowest BCUT2D eigenvalue weighted by atomic mass is 9.81. The van der Waals surface area contributed by atoms with Gasteiger partial charge in [-0.2, -0.15) is 5.10 Å². The Morgan fingerprint density at radius 1 is 1.30 bits per heavy atom. The van der Waals surface area contributed by atoms with Crippen molar-refractivity contribution in [2.75, 3.05) is 19.6 Å². The Morgan fingerprint density at radius 3 is 2.78 bits per heavy atom. The SMILES string of the molecule is CC1(CNC(=O)c2nn(-c3ccccc3F)c3c2CCC3)CCNCC1.Cl. The Balaban J connectivity index is 0.00000210. The molecule has 2 aromatic rings. The summed E-state index contributed by atoms with van der Waals surface area (Å²) in [6.45, 7) is 4.85. The Bertz CT molecular complexity index is 829. The second kappa shape index (κ2) is 7.98. The second-order valence-corrected chi connectivity index (χ2v) is 7.73. The molecule has 27 heavy (non-hydrogen) atoms. The van der Waals surface area contributed by atoms with Crippen molar-refractivity contribution in [2.24, 2.45) is 5.41 Å². The Labute approximate surface area is 165 Å². The number of para-hydroxylation sites is 1. The van der Waals surface area contributed by atoms with Crippen molar-refractivity contribution in [1.82, 2.24) is 20.4 Å². The van der Waals surface area contributed by atoms with Crippen LogP contribution in [0.25, 0.3) is 5.69 Å². The molecule has 4 rings (SSSR count). The molecule has 1 amide bonds. The average molecular weight is 393 g/mol. The molecule has 2 aliphatic rings. The minimum absolute atomic E-state index is 0. The predicted molar refractivity (Wildman–Crippen MR) is 105 cm³/mol. The molecule has 0 bridgehead atoms. The van der Waals surface area contributed by atoms with Gasteiger partial charge in [0, 0.05) is 17.8 Å². The molecule has 2 N–H and O–H groups in total.